The summed E-state index contributed by atoms with van der Waals surface area (Å²) in [4.78, 5) is 0. The molecule has 0 bridgehead atoms. The van der Waals surface area contributed by atoms with Crippen LogP contribution in [0.5, 0.6) is 0 Å². The van der Waals surface area contributed by atoms with Gasteiger partial charge in [-0.1, -0.05) is 0 Å². The van der Waals surface area contributed by atoms with Crippen LogP contribution in [-0.2, 0) is 0 Å². The largest absolute Gasteiger partial charge is 0.301 e. The fourth-order valence-electron chi connectivity index (χ4n) is 0.650. The van der Waals surface area contributed by atoms with Gasteiger partial charge in [-0.15, -0.1) is 0 Å². The van der Waals surface area contributed by atoms with E-state index in [-0.39, 0.29) is 0 Å². The molecule has 1 aliphatic rings. The van der Waals surface area contributed by atoms with Crippen molar-refractivity contribution >= 4 is 0 Å². The number of rotatable bonds is 0. The molecule has 0 aromatic rings. The van der Waals surface area contributed by atoms with Crippen molar-refractivity contribution in [2.45, 2.75) is 13.1 Å². The van der Waals surface area contributed by atoms with Crippen LogP contribution in [0, 0.1) is 0 Å². The first-order valence-electron chi connectivity index (χ1n) is 2.36. The fourth-order valence-corrected chi connectivity index (χ4v) is 0.650. The first kappa shape index (κ1) is 4.09. The third-order valence-electron chi connectivity index (χ3n) is 1.03. The van der Waals surface area contributed by atoms with E-state index in [2.05, 4.69) is 17.6 Å². The minimum atomic E-state index is 0.546. The van der Waals surface area contributed by atoms with E-state index in [1.807, 2.05) is 0 Å². The summed E-state index contributed by atoms with van der Waals surface area (Å²) in [6.45, 7) is 4.37. The van der Waals surface area contributed by atoms with Gasteiger partial charge in [0.25, 0.3) is 0 Å². The third kappa shape index (κ3) is 0.698. The zero-order chi connectivity index (χ0) is 4.41. The molecule has 1 aliphatic heterocycles. The maximum Gasteiger partial charge on any atom is 0.0543 e. The number of hydrogen-bond acceptors (Lipinski definition) is 2. The van der Waals surface area contributed by atoms with Crippen LogP contribution in [0.1, 0.15) is 6.92 Å². The fraction of sp³-hybridized carbons (Fsp3) is 1.00. The monoisotopic (exact) mass is 86.1 g/mol. The third-order valence-corrected chi connectivity index (χ3v) is 1.03. The molecule has 2 heteroatoms. The summed E-state index contributed by atoms with van der Waals surface area (Å²) < 4.78 is 0. The first-order chi connectivity index (χ1) is 2.89. The van der Waals surface area contributed by atoms with Crippen LogP contribution < -0.4 is 10.6 Å². The molecule has 0 aromatic carbocycles. The topological polar surface area (TPSA) is 24.1 Å². The maximum atomic E-state index is 3.21. The maximum absolute atomic E-state index is 3.21. The molecule has 0 radical (unpaired) electrons. The van der Waals surface area contributed by atoms with Crippen LogP contribution in [0.3, 0.4) is 0 Å². The van der Waals surface area contributed by atoms with Gasteiger partial charge in [0.05, 0.1) is 6.17 Å². The van der Waals surface area contributed by atoms with Crippen LogP contribution in [-0.4, -0.2) is 19.3 Å². The van der Waals surface area contributed by atoms with E-state index in [9.17, 15) is 0 Å². The lowest BCUT2D eigenvalue weighted by atomic mass is 10.6. The lowest BCUT2D eigenvalue weighted by molar-refractivity contribution is 0.606. The van der Waals surface area contributed by atoms with Gasteiger partial charge in [0, 0.05) is 13.1 Å². The van der Waals surface area contributed by atoms with Crippen LogP contribution in [0.2, 0.25) is 0 Å². The zero-order valence-corrected chi connectivity index (χ0v) is 3.99. The Balaban J connectivity index is 2.18. The Bertz CT molecular complexity index is 38.8. The molecule has 0 saturated carbocycles. The predicted molar refractivity (Wildman–Crippen MR) is 25.5 cm³/mol. The molecule has 6 heavy (non-hydrogen) atoms. The SMILES string of the molecule is CC1NCCN1. The van der Waals surface area contributed by atoms with E-state index in [0.29, 0.717) is 6.17 Å². The number of hydrogen-bond donors (Lipinski definition) is 2. The first-order valence-corrected chi connectivity index (χ1v) is 2.36. The second kappa shape index (κ2) is 1.58. The highest BCUT2D eigenvalue weighted by molar-refractivity contribution is 4.66. The van der Waals surface area contributed by atoms with Gasteiger partial charge < -0.3 is 10.6 Å². The molecule has 2 nitrogen and oxygen atoms in total. The lowest BCUT2D eigenvalue weighted by Crippen LogP contribution is -2.26. The zero-order valence-electron chi connectivity index (χ0n) is 3.99. The molecule has 1 rings (SSSR count). The van der Waals surface area contributed by atoms with E-state index < -0.39 is 0 Å². The molecule has 1 fully saturated rings. The Labute approximate surface area is 37.9 Å². The molecule has 0 aromatic heterocycles. The van der Waals surface area contributed by atoms with Gasteiger partial charge in [0.1, 0.15) is 0 Å². The van der Waals surface area contributed by atoms with Crippen molar-refractivity contribution in [3.05, 3.63) is 0 Å². The molecule has 2 N–H and O–H groups in total. The van der Waals surface area contributed by atoms with E-state index in [1.54, 1.807) is 0 Å². The minimum Gasteiger partial charge on any atom is -0.301 e. The smallest absolute Gasteiger partial charge is 0.0543 e. The lowest BCUT2D eigenvalue weighted by Gasteiger charge is -1.97. The Hall–Kier alpha value is -0.0800. The van der Waals surface area contributed by atoms with Crippen LogP contribution in [0.4, 0.5) is 0 Å². The van der Waals surface area contributed by atoms with Crippen molar-refractivity contribution in [1.29, 1.82) is 0 Å². The molecule has 0 aliphatic carbocycles. The molecule has 1 saturated heterocycles. The average molecular weight is 86.1 g/mol. The summed E-state index contributed by atoms with van der Waals surface area (Å²) in [5.74, 6) is 0. The Morgan fingerprint density at radius 3 is 2.00 bits per heavy atom. The number of nitrogens with one attached hydrogen (secondary N) is 2. The van der Waals surface area contributed by atoms with E-state index in [1.165, 1.54) is 0 Å². The average Bonchev–Trinajstić information content (AvgIpc) is 1.86. The van der Waals surface area contributed by atoms with Crippen LogP contribution >= 0.6 is 0 Å². The Morgan fingerprint density at radius 2 is 1.83 bits per heavy atom. The quantitative estimate of drug-likeness (QED) is 0.416. The van der Waals surface area contributed by atoms with Crippen molar-refractivity contribution in [2.24, 2.45) is 0 Å². The highest BCUT2D eigenvalue weighted by Crippen LogP contribution is 1.78. The van der Waals surface area contributed by atoms with Gasteiger partial charge >= 0.3 is 0 Å². The Kier molecular flexibility index (Phi) is 1.08. The molecular formula is C4H10N2. The van der Waals surface area contributed by atoms with E-state index in [4.69, 9.17) is 0 Å². The molecule has 0 unspecified atom stereocenters. The van der Waals surface area contributed by atoms with Gasteiger partial charge in [0.2, 0.25) is 0 Å². The van der Waals surface area contributed by atoms with E-state index in [0.717, 1.165) is 13.1 Å². The summed E-state index contributed by atoms with van der Waals surface area (Å²) in [6.07, 6.45) is 0.546. The summed E-state index contributed by atoms with van der Waals surface area (Å²) in [5.41, 5.74) is 0. The van der Waals surface area contributed by atoms with Crippen LogP contribution in [0.25, 0.3) is 0 Å². The molecule has 0 amide bonds. The summed E-state index contributed by atoms with van der Waals surface area (Å²) in [6, 6.07) is 0. The molecule has 36 valence electrons. The van der Waals surface area contributed by atoms with Crippen molar-refractivity contribution in [2.75, 3.05) is 13.1 Å². The molecule has 1 heterocycles. The summed E-state index contributed by atoms with van der Waals surface area (Å²) >= 11 is 0. The highest BCUT2D eigenvalue weighted by atomic mass is 15.2. The molecule has 0 spiro atoms. The van der Waals surface area contributed by atoms with Gasteiger partial charge in [0.15, 0.2) is 0 Å². The second-order valence-corrected chi connectivity index (χ2v) is 1.63. The van der Waals surface area contributed by atoms with E-state index >= 15 is 0 Å². The van der Waals surface area contributed by atoms with Crippen molar-refractivity contribution in [3.8, 4) is 0 Å². The highest BCUT2D eigenvalue weighted by Gasteiger charge is 2.03. The standard InChI is InChI=1S/C4H10N2/c1-4-5-2-3-6-4/h4-6H,2-3H2,1H3. The van der Waals surface area contributed by atoms with Gasteiger partial charge in [-0.25, -0.2) is 0 Å². The van der Waals surface area contributed by atoms with Crippen LogP contribution in [0.15, 0.2) is 0 Å². The second-order valence-electron chi connectivity index (χ2n) is 1.63. The molecular weight excluding hydrogens is 76.1 g/mol. The molecule has 0 atom stereocenters. The van der Waals surface area contributed by atoms with Gasteiger partial charge in [-0.2, -0.15) is 0 Å². The minimum absolute atomic E-state index is 0.546. The van der Waals surface area contributed by atoms with Crippen molar-refractivity contribution in [3.63, 3.8) is 0 Å². The Morgan fingerprint density at radius 1 is 1.33 bits per heavy atom. The van der Waals surface area contributed by atoms with Crippen molar-refractivity contribution in [1.82, 2.24) is 10.6 Å². The predicted octanol–water partition coefficient (Wildman–Crippen LogP) is -0.475. The van der Waals surface area contributed by atoms with Gasteiger partial charge in [-0.3, -0.25) is 0 Å². The summed E-state index contributed by atoms with van der Waals surface area (Å²) in [5, 5.41) is 6.42. The van der Waals surface area contributed by atoms with Crippen molar-refractivity contribution < 1.29 is 0 Å². The summed E-state index contributed by atoms with van der Waals surface area (Å²) in [7, 11) is 0. The van der Waals surface area contributed by atoms with Gasteiger partial charge in [-0.05, 0) is 6.92 Å². The normalized spacial score (nSPS) is 25.5.